The summed E-state index contributed by atoms with van der Waals surface area (Å²) in [6.45, 7) is 0.576. The molecule has 0 spiro atoms. The van der Waals surface area contributed by atoms with Crippen molar-refractivity contribution in [3.8, 4) is 0 Å². The van der Waals surface area contributed by atoms with E-state index in [9.17, 15) is 9.59 Å². The number of aryl methyl sites for hydroxylation is 1. The third-order valence-corrected chi connectivity index (χ3v) is 4.21. The molecule has 1 fully saturated rings. The van der Waals surface area contributed by atoms with Gasteiger partial charge in [0.25, 0.3) is 5.91 Å². The van der Waals surface area contributed by atoms with E-state index in [1.165, 1.54) is 0 Å². The van der Waals surface area contributed by atoms with Crippen LogP contribution in [-0.4, -0.2) is 59.0 Å². The number of likely N-dealkylation sites (N-methyl/N-ethyl adjacent to an activating group) is 1. The topological polar surface area (TPSA) is 79.3 Å². The molecule has 2 heterocycles. The molecule has 21 heavy (non-hydrogen) atoms. The molecule has 2 N–H and O–H groups in total. The second-order valence-electron chi connectivity index (χ2n) is 5.50. The van der Waals surface area contributed by atoms with Gasteiger partial charge in [-0.1, -0.05) is 0 Å². The minimum absolute atomic E-state index is 0.0598. The molecule has 2 rings (SSSR count). The van der Waals surface area contributed by atoms with E-state index in [2.05, 4.69) is 20.5 Å². The van der Waals surface area contributed by atoms with E-state index in [4.69, 9.17) is 0 Å². The van der Waals surface area contributed by atoms with Crippen LogP contribution in [0.25, 0.3) is 0 Å². The van der Waals surface area contributed by atoms with E-state index in [0.717, 1.165) is 12.8 Å². The van der Waals surface area contributed by atoms with E-state index in [1.54, 1.807) is 31.1 Å². The number of aromatic nitrogens is 2. The first-order valence-electron chi connectivity index (χ1n) is 7.21. The summed E-state index contributed by atoms with van der Waals surface area (Å²) in [6.07, 6.45) is 5.83. The molecule has 116 valence electrons. The first-order chi connectivity index (χ1) is 10.0. The van der Waals surface area contributed by atoms with Gasteiger partial charge in [0, 0.05) is 51.5 Å². The monoisotopic (exact) mass is 293 g/mol. The number of carbonyl (C=O) groups is 2. The molecule has 0 aliphatic carbocycles. The van der Waals surface area contributed by atoms with Crippen molar-refractivity contribution < 1.29 is 9.59 Å². The van der Waals surface area contributed by atoms with Crippen molar-refractivity contribution in [2.75, 3.05) is 20.6 Å². The Morgan fingerprint density at radius 1 is 1.33 bits per heavy atom. The highest BCUT2D eigenvalue weighted by Crippen LogP contribution is 2.24. The number of nitrogens with zero attached hydrogens (tertiary/aromatic N) is 3. The molecule has 1 saturated heterocycles. The SMILES string of the molecule is CNC(=O)C[C@H]1CC[C@@H](CNC(=O)c2nccn2C)N1C. The molecule has 1 aliphatic rings. The summed E-state index contributed by atoms with van der Waals surface area (Å²) in [7, 11) is 5.46. The van der Waals surface area contributed by atoms with Crippen LogP contribution in [0.15, 0.2) is 12.4 Å². The molecule has 0 radical (unpaired) electrons. The van der Waals surface area contributed by atoms with Crippen LogP contribution in [0.1, 0.15) is 29.9 Å². The van der Waals surface area contributed by atoms with Gasteiger partial charge >= 0.3 is 0 Å². The number of rotatable bonds is 5. The van der Waals surface area contributed by atoms with Crippen LogP contribution in [0.4, 0.5) is 0 Å². The van der Waals surface area contributed by atoms with Gasteiger partial charge in [-0.2, -0.15) is 0 Å². The highest BCUT2D eigenvalue weighted by molar-refractivity contribution is 5.90. The predicted octanol–water partition coefficient (Wildman–Crippen LogP) is -0.251. The van der Waals surface area contributed by atoms with Crippen LogP contribution >= 0.6 is 0 Å². The van der Waals surface area contributed by atoms with Crippen molar-refractivity contribution in [3.05, 3.63) is 18.2 Å². The quantitative estimate of drug-likeness (QED) is 0.784. The molecule has 7 nitrogen and oxygen atoms in total. The van der Waals surface area contributed by atoms with Gasteiger partial charge < -0.3 is 15.2 Å². The molecule has 0 saturated carbocycles. The van der Waals surface area contributed by atoms with Gasteiger partial charge in [-0.3, -0.25) is 14.5 Å². The Morgan fingerprint density at radius 2 is 2.05 bits per heavy atom. The normalized spacial score (nSPS) is 22.2. The van der Waals surface area contributed by atoms with E-state index >= 15 is 0 Å². The first-order valence-corrected chi connectivity index (χ1v) is 7.21. The fourth-order valence-electron chi connectivity index (χ4n) is 2.77. The Hall–Kier alpha value is -1.89. The summed E-state index contributed by atoms with van der Waals surface area (Å²) in [5.41, 5.74) is 0. The molecule has 0 unspecified atom stereocenters. The minimum atomic E-state index is -0.161. The molecule has 0 bridgehead atoms. The summed E-state index contributed by atoms with van der Waals surface area (Å²) in [4.78, 5) is 29.7. The third kappa shape index (κ3) is 3.60. The Kier molecular flexibility index (Phi) is 4.95. The van der Waals surface area contributed by atoms with Crippen LogP contribution in [0.5, 0.6) is 0 Å². The molecule has 1 aliphatic heterocycles. The Morgan fingerprint density at radius 3 is 2.67 bits per heavy atom. The largest absolute Gasteiger partial charge is 0.359 e. The zero-order chi connectivity index (χ0) is 15.4. The molecular formula is C14H23N5O2. The van der Waals surface area contributed by atoms with Crippen molar-refractivity contribution in [2.24, 2.45) is 7.05 Å². The summed E-state index contributed by atoms with van der Waals surface area (Å²) in [5, 5.41) is 5.58. The van der Waals surface area contributed by atoms with Gasteiger partial charge in [0.15, 0.2) is 5.82 Å². The van der Waals surface area contributed by atoms with Gasteiger partial charge in [-0.05, 0) is 19.9 Å². The molecule has 1 aromatic heterocycles. The summed E-state index contributed by atoms with van der Waals surface area (Å²) in [5.74, 6) is 0.313. The number of imidazole rings is 1. The number of likely N-dealkylation sites (tertiary alicyclic amines) is 1. The highest BCUT2D eigenvalue weighted by atomic mass is 16.2. The van der Waals surface area contributed by atoms with E-state index in [0.29, 0.717) is 18.8 Å². The predicted molar refractivity (Wildman–Crippen MR) is 78.8 cm³/mol. The second-order valence-corrected chi connectivity index (χ2v) is 5.50. The molecule has 2 amide bonds. The molecule has 1 aromatic rings. The lowest BCUT2D eigenvalue weighted by Gasteiger charge is -2.25. The van der Waals surface area contributed by atoms with Crippen LogP contribution in [0, 0.1) is 0 Å². The van der Waals surface area contributed by atoms with Crippen molar-refractivity contribution >= 4 is 11.8 Å². The fourth-order valence-corrected chi connectivity index (χ4v) is 2.77. The smallest absolute Gasteiger partial charge is 0.287 e. The summed E-state index contributed by atoms with van der Waals surface area (Å²) in [6, 6.07) is 0.517. The number of hydrogen-bond acceptors (Lipinski definition) is 4. The van der Waals surface area contributed by atoms with Crippen LogP contribution in [0.3, 0.4) is 0 Å². The maximum absolute atomic E-state index is 12.0. The fraction of sp³-hybridized carbons (Fsp3) is 0.643. The summed E-state index contributed by atoms with van der Waals surface area (Å²) < 4.78 is 1.70. The second kappa shape index (κ2) is 6.71. The van der Waals surface area contributed by atoms with Gasteiger partial charge in [-0.25, -0.2) is 4.98 Å². The van der Waals surface area contributed by atoms with Crippen molar-refractivity contribution in [2.45, 2.75) is 31.3 Å². The first kappa shape index (κ1) is 15.5. The highest BCUT2D eigenvalue weighted by Gasteiger charge is 2.31. The maximum Gasteiger partial charge on any atom is 0.287 e. The van der Waals surface area contributed by atoms with Crippen molar-refractivity contribution in [3.63, 3.8) is 0 Å². The Labute approximate surface area is 124 Å². The average molecular weight is 293 g/mol. The number of carbonyl (C=O) groups excluding carboxylic acids is 2. The Balaban J connectivity index is 1.83. The zero-order valence-corrected chi connectivity index (χ0v) is 12.8. The van der Waals surface area contributed by atoms with Crippen LogP contribution < -0.4 is 10.6 Å². The van der Waals surface area contributed by atoms with Crippen molar-refractivity contribution in [1.82, 2.24) is 25.1 Å². The zero-order valence-electron chi connectivity index (χ0n) is 12.8. The van der Waals surface area contributed by atoms with E-state index in [-0.39, 0.29) is 23.9 Å². The number of nitrogens with one attached hydrogen (secondary N) is 2. The van der Waals surface area contributed by atoms with Gasteiger partial charge in [0.05, 0.1) is 0 Å². The number of hydrogen-bond donors (Lipinski definition) is 2. The van der Waals surface area contributed by atoms with E-state index in [1.807, 2.05) is 7.05 Å². The maximum atomic E-state index is 12.0. The lowest BCUT2D eigenvalue weighted by atomic mass is 10.1. The average Bonchev–Trinajstić information content (AvgIpc) is 3.04. The summed E-state index contributed by atoms with van der Waals surface area (Å²) >= 11 is 0. The lowest BCUT2D eigenvalue weighted by molar-refractivity contribution is -0.121. The lowest BCUT2D eigenvalue weighted by Crippen LogP contribution is -2.42. The minimum Gasteiger partial charge on any atom is -0.359 e. The van der Waals surface area contributed by atoms with Gasteiger partial charge in [-0.15, -0.1) is 0 Å². The van der Waals surface area contributed by atoms with Crippen LogP contribution in [0.2, 0.25) is 0 Å². The molecule has 7 heteroatoms. The number of amides is 2. The Bertz CT molecular complexity index is 513. The molecular weight excluding hydrogens is 270 g/mol. The van der Waals surface area contributed by atoms with Crippen LogP contribution in [-0.2, 0) is 11.8 Å². The standard InChI is InChI=1S/C14H23N5O2/c1-15-12(20)8-10-4-5-11(19(10)3)9-17-14(21)13-16-6-7-18(13)2/h6-7,10-11H,4-5,8-9H2,1-3H3,(H,15,20)(H,17,21)/t10-,11+/m1/s1. The molecule has 2 atom stereocenters. The van der Waals surface area contributed by atoms with Gasteiger partial charge in [0.2, 0.25) is 5.91 Å². The van der Waals surface area contributed by atoms with Gasteiger partial charge in [0.1, 0.15) is 0 Å². The third-order valence-electron chi connectivity index (χ3n) is 4.21. The van der Waals surface area contributed by atoms with E-state index < -0.39 is 0 Å². The molecule has 0 aromatic carbocycles. The van der Waals surface area contributed by atoms with Crippen molar-refractivity contribution in [1.29, 1.82) is 0 Å².